The fourth-order valence-corrected chi connectivity index (χ4v) is 4.73. The van der Waals surface area contributed by atoms with Crippen molar-refractivity contribution >= 4 is 49.0 Å². The highest BCUT2D eigenvalue weighted by atomic mass is 79.9. The Labute approximate surface area is 214 Å². The SMILES string of the molecule is CS(=O)(=O)CC(=O)NCc1ccc(C2=NO[C@@](c3cc(Cl)cc(C(F)(F)F)c3)(C(F)(F)F)C2)cc1Br. The summed E-state index contributed by atoms with van der Waals surface area (Å²) in [5.41, 5.74) is -4.94. The summed E-state index contributed by atoms with van der Waals surface area (Å²) < 4.78 is 105. The van der Waals surface area contributed by atoms with Gasteiger partial charge in [-0.05, 0) is 29.8 Å². The number of hydrogen-bond donors (Lipinski definition) is 1. The van der Waals surface area contributed by atoms with Crippen LogP contribution in [0.4, 0.5) is 26.3 Å². The van der Waals surface area contributed by atoms with E-state index < -0.39 is 62.0 Å². The first-order valence-electron chi connectivity index (χ1n) is 9.84. The summed E-state index contributed by atoms with van der Waals surface area (Å²) in [6, 6.07) is 5.83. The Balaban J connectivity index is 1.87. The second kappa shape index (κ2) is 9.86. The summed E-state index contributed by atoms with van der Waals surface area (Å²) in [7, 11) is -3.53. The Morgan fingerprint density at radius 3 is 2.39 bits per heavy atom. The lowest BCUT2D eigenvalue weighted by molar-refractivity contribution is -0.276. The van der Waals surface area contributed by atoms with Gasteiger partial charge in [0.05, 0.1) is 11.3 Å². The molecule has 36 heavy (non-hydrogen) atoms. The van der Waals surface area contributed by atoms with Crippen molar-refractivity contribution in [3.05, 3.63) is 68.1 Å². The van der Waals surface area contributed by atoms with Crippen molar-refractivity contribution in [1.29, 1.82) is 0 Å². The van der Waals surface area contributed by atoms with Crippen molar-refractivity contribution in [3.8, 4) is 0 Å². The number of halogens is 8. The molecule has 1 N–H and O–H groups in total. The van der Waals surface area contributed by atoms with E-state index in [1.165, 1.54) is 18.2 Å². The molecule has 0 aromatic heterocycles. The number of rotatable bonds is 6. The Morgan fingerprint density at radius 2 is 1.83 bits per heavy atom. The molecule has 1 heterocycles. The van der Waals surface area contributed by atoms with Crippen molar-refractivity contribution in [2.75, 3.05) is 12.0 Å². The molecule has 0 saturated carbocycles. The van der Waals surface area contributed by atoms with Gasteiger partial charge in [0.2, 0.25) is 5.91 Å². The highest BCUT2D eigenvalue weighted by Gasteiger charge is 2.62. The molecule has 1 amide bonds. The summed E-state index contributed by atoms with van der Waals surface area (Å²) in [4.78, 5) is 16.5. The van der Waals surface area contributed by atoms with Gasteiger partial charge >= 0.3 is 12.4 Å². The first kappa shape index (κ1) is 28.3. The van der Waals surface area contributed by atoms with Crippen LogP contribution in [0.2, 0.25) is 5.02 Å². The zero-order chi connectivity index (χ0) is 27.1. The molecular formula is C21H16BrClF6N2O4S. The van der Waals surface area contributed by atoms with E-state index >= 15 is 0 Å². The van der Waals surface area contributed by atoms with Crippen LogP contribution in [0.25, 0.3) is 0 Å². The van der Waals surface area contributed by atoms with Gasteiger partial charge in [-0.2, -0.15) is 26.3 Å². The molecule has 196 valence electrons. The van der Waals surface area contributed by atoms with Crippen LogP contribution < -0.4 is 5.32 Å². The van der Waals surface area contributed by atoms with E-state index in [0.29, 0.717) is 22.2 Å². The summed E-state index contributed by atoms with van der Waals surface area (Å²) in [6.07, 6.45) is -10.1. The van der Waals surface area contributed by atoms with Crippen LogP contribution in [-0.2, 0) is 37.8 Å². The number of amides is 1. The molecule has 0 unspecified atom stereocenters. The Kier molecular flexibility index (Phi) is 7.74. The predicted octanol–water partition coefficient (Wildman–Crippen LogP) is 5.36. The number of alkyl halides is 6. The number of nitrogens with zero attached hydrogens (tertiary/aromatic N) is 1. The third kappa shape index (κ3) is 6.32. The highest BCUT2D eigenvalue weighted by Crippen LogP contribution is 2.50. The summed E-state index contributed by atoms with van der Waals surface area (Å²) in [5.74, 6) is -1.45. The lowest BCUT2D eigenvalue weighted by atomic mass is 9.85. The first-order valence-corrected chi connectivity index (χ1v) is 13.1. The molecule has 0 radical (unpaired) electrons. The monoisotopic (exact) mass is 620 g/mol. The molecule has 1 aliphatic heterocycles. The Bertz CT molecular complexity index is 1330. The number of benzene rings is 2. The number of carbonyl (C=O) groups is 1. The van der Waals surface area contributed by atoms with Crippen LogP contribution in [0.3, 0.4) is 0 Å². The average Bonchev–Trinajstić information content (AvgIpc) is 3.17. The van der Waals surface area contributed by atoms with Crippen LogP contribution in [-0.4, -0.2) is 38.2 Å². The van der Waals surface area contributed by atoms with Crippen LogP contribution in [0, 0.1) is 0 Å². The fraction of sp³-hybridized carbons (Fsp3) is 0.333. The van der Waals surface area contributed by atoms with E-state index in [2.05, 4.69) is 26.4 Å². The Hall–Kier alpha value is -2.32. The second-order valence-corrected chi connectivity index (χ2v) is 11.4. The molecule has 0 spiro atoms. The van der Waals surface area contributed by atoms with Crippen molar-refractivity contribution in [2.45, 2.75) is 30.9 Å². The third-order valence-corrected chi connectivity index (χ3v) is 6.88. The minimum atomic E-state index is -5.15. The van der Waals surface area contributed by atoms with Crippen LogP contribution in [0.1, 0.15) is 28.7 Å². The van der Waals surface area contributed by atoms with Crippen molar-refractivity contribution in [3.63, 3.8) is 0 Å². The topological polar surface area (TPSA) is 84.8 Å². The quantitative estimate of drug-likeness (QED) is 0.440. The van der Waals surface area contributed by atoms with E-state index in [9.17, 15) is 39.6 Å². The van der Waals surface area contributed by atoms with Crippen molar-refractivity contribution < 1.29 is 44.4 Å². The van der Waals surface area contributed by atoms with Crippen molar-refractivity contribution in [2.24, 2.45) is 5.16 Å². The molecule has 1 atom stereocenters. The predicted molar refractivity (Wildman–Crippen MR) is 122 cm³/mol. The summed E-state index contributed by atoms with van der Waals surface area (Å²) in [5, 5.41) is 5.38. The molecule has 0 bridgehead atoms. The maximum atomic E-state index is 14.2. The van der Waals surface area contributed by atoms with Gasteiger partial charge in [-0.3, -0.25) is 4.79 Å². The van der Waals surface area contributed by atoms with Gasteiger partial charge in [0.15, 0.2) is 9.84 Å². The molecule has 0 fully saturated rings. The van der Waals surface area contributed by atoms with Crippen LogP contribution in [0.15, 0.2) is 46.0 Å². The molecule has 2 aromatic rings. The maximum absolute atomic E-state index is 14.2. The van der Waals surface area contributed by atoms with Gasteiger partial charge < -0.3 is 10.2 Å². The second-order valence-electron chi connectivity index (χ2n) is 8.01. The lowest BCUT2D eigenvalue weighted by Crippen LogP contribution is -2.42. The van der Waals surface area contributed by atoms with Gasteiger partial charge in [0, 0.05) is 39.8 Å². The number of oxime groups is 1. The zero-order valence-corrected chi connectivity index (χ0v) is 21.3. The van der Waals surface area contributed by atoms with E-state index in [1.807, 2.05) is 0 Å². The largest absolute Gasteiger partial charge is 0.435 e. The molecule has 15 heteroatoms. The molecular weight excluding hydrogens is 606 g/mol. The van der Waals surface area contributed by atoms with Gasteiger partial charge in [-0.25, -0.2) is 8.42 Å². The first-order chi connectivity index (χ1) is 16.4. The molecule has 2 aromatic carbocycles. The maximum Gasteiger partial charge on any atom is 0.435 e. The Morgan fingerprint density at radius 1 is 1.17 bits per heavy atom. The number of nitrogens with one attached hydrogen (secondary N) is 1. The van der Waals surface area contributed by atoms with E-state index in [0.717, 1.165) is 12.3 Å². The minimum absolute atomic E-state index is 0.0760. The van der Waals surface area contributed by atoms with Gasteiger partial charge in [0.25, 0.3) is 5.60 Å². The highest BCUT2D eigenvalue weighted by molar-refractivity contribution is 9.10. The summed E-state index contributed by atoms with van der Waals surface area (Å²) >= 11 is 8.93. The third-order valence-electron chi connectivity index (χ3n) is 5.13. The van der Waals surface area contributed by atoms with E-state index in [-0.39, 0.29) is 17.8 Å². The standard InChI is InChI=1S/C21H16BrClF6N2O4S/c1-36(33,34)10-18(32)30-9-12-3-2-11(4-16(12)22)17-8-19(35-31-17,21(27,28)29)13-5-14(20(24,25)26)7-15(23)6-13/h2-7H,8-10H2,1H3,(H,30,32)/t19-/m0/s1. The minimum Gasteiger partial charge on any atom is -0.374 e. The van der Waals surface area contributed by atoms with Gasteiger partial charge in [0.1, 0.15) is 5.75 Å². The lowest BCUT2D eigenvalue weighted by Gasteiger charge is -2.30. The van der Waals surface area contributed by atoms with Gasteiger partial charge in [-0.1, -0.05) is 44.8 Å². The number of hydrogen-bond acceptors (Lipinski definition) is 5. The molecule has 3 rings (SSSR count). The number of carbonyl (C=O) groups excluding carboxylic acids is 1. The summed E-state index contributed by atoms with van der Waals surface area (Å²) in [6.45, 7) is -0.0760. The average molecular weight is 622 g/mol. The number of sulfone groups is 1. The molecule has 0 saturated heterocycles. The van der Waals surface area contributed by atoms with Crippen LogP contribution in [0.5, 0.6) is 0 Å². The molecule has 0 aliphatic carbocycles. The van der Waals surface area contributed by atoms with Gasteiger partial charge in [-0.15, -0.1) is 0 Å². The zero-order valence-electron chi connectivity index (χ0n) is 18.1. The van der Waals surface area contributed by atoms with E-state index in [1.54, 1.807) is 0 Å². The van der Waals surface area contributed by atoms with Crippen LogP contribution >= 0.6 is 27.5 Å². The van der Waals surface area contributed by atoms with Crippen molar-refractivity contribution in [1.82, 2.24) is 5.32 Å². The van der Waals surface area contributed by atoms with E-state index in [4.69, 9.17) is 16.4 Å². The fourth-order valence-electron chi connectivity index (χ4n) is 3.40. The molecule has 6 nitrogen and oxygen atoms in total. The smallest absolute Gasteiger partial charge is 0.374 e. The molecule has 1 aliphatic rings. The normalized spacial score (nSPS) is 18.5.